The number of rotatable bonds is 6. The smallest absolute Gasteiger partial charge is 0.116 e. The second-order valence-electron chi connectivity index (χ2n) is 8.57. The molecule has 0 amide bonds. The molecule has 4 heteroatoms. The van der Waals surface area contributed by atoms with E-state index in [1.165, 1.54) is 12.0 Å². The van der Waals surface area contributed by atoms with E-state index in [1.807, 2.05) is 36.5 Å². The number of phenolic OH excluding ortho intramolecular Hbond substituents is 1. The summed E-state index contributed by atoms with van der Waals surface area (Å²) in [4.78, 5) is 7.09. The van der Waals surface area contributed by atoms with Crippen LogP contribution in [0, 0.1) is 11.8 Å². The van der Waals surface area contributed by atoms with E-state index in [0.29, 0.717) is 24.5 Å². The average Bonchev–Trinajstić information content (AvgIpc) is 2.80. The van der Waals surface area contributed by atoms with Gasteiger partial charge in [-0.2, -0.15) is 0 Å². The van der Waals surface area contributed by atoms with Crippen LogP contribution in [0.25, 0.3) is 10.9 Å². The number of fused-ring (bicyclic) bond motifs is 4. The molecule has 3 aromatic rings. The molecule has 4 unspecified atom stereocenters. The van der Waals surface area contributed by atoms with Gasteiger partial charge in [0.1, 0.15) is 5.75 Å². The number of benzene rings is 2. The highest BCUT2D eigenvalue weighted by molar-refractivity contribution is 5.83. The topological polar surface area (TPSA) is 45.6 Å². The van der Waals surface area contributed by atoms with Crippen LogP contribution in [0.1, 0.15) is 30.1 Å². The highest BCUT2D eigenvalue weighted by Crippen LogP contribution is 2.43. The van der Waals surface area contributed by atoms with E-state index in [2.05, 4.69) is 40.7 Å². The Morgan fingerprint density at radius 1 is 1.20 bits per heavy atom. The Kier molecular flexibility index (Phi) is 5.28. The van der Waals surface area contributed by atoms with Crippen molar-refractivity contribution in [3.63, 3.8) is 0 Å². The molecule has 3 aliphatic rings. The van der Waals surface area contributed by atoms with Gasteiger partial charge >= 0.3 is 0 Å². The molecular formula is C26H28N2O2. The predicted molar refractivity (Wildman–Crippen MR) is 119 cm³/mol. The van der Waals surface area contributed by atoms with Crippen molar-refractivity contribution in [2.75, 3.05) is 13.1 Å². The van der Waals surface area contributed by atoms with E-state index in [4.69, 9.17) is 4.74 Å². The van der Waals surface area contributed by atoms with Crippen LogP contribution in [-0.2, 0) is 11.3 Å². The van der Waals surface area contributed by atoms with Crippen molar-refractivity contribution in [2.24, 2.45) is 11.8 Å². The van der Waals surface area contributed by atoms with Crippen LogP contribution in [0.5, 0.6) is 5.75 Å². The fraction of sp³-hybridized carbons (Fsp3) is 0.346. The van der Waals surface area contributed by atoms with Gasteiger partial charge < -0.3 is 9.84 Å². The number of hydrogen-bond acceptors (Lipinski definition) is 4. The van der Waals surface area contributed by atoms with Gasteiger partial charge in [0.25, 0.3) is 0 Å². The number of hydrogen-bond donors (Lipinski definition) is 1. The molecule has 6 rings (SSSR count). The van der Waals surface area contributed by atoms with Gasteiger partial charge in [0.2, 0.25) is 0 Å². The third-order valence-electron chi connectivity index (χ3n) is 6.84. The SMILES string of the molecule is C=CC1CN2CCC1CC2[C@H](OCc1ccccc1)c1ccnc2ccc(O)cc12. The van der Waals surface area contributed by atoms with Gasteiger partial charge in [-0.15, -0.1) is 6.58 Å². The summed E-state index contributed by atoms with van der Waals surface area (Å²) in [5.74, 6) is 1.50. The lowest BCUT2D eigenvalue weighted by molar-refractivity contribution is -0.0803. The Morgan fingerprint density at radius 3 is 2.83 bits per heavy atom. The van der Waals surface area contributed by atoms with Crippen LogP contribution in [0.15, 0.2) is 73.4 Å². The third kappa shape index (κ3) is 3.62. The molecule has 5 atom stereocenters. The molecule has 0 radical (unpaired) electrons. The summed E-state index contributed by atoms with van der Waals surface area (Å²) in [6, 6.07) is 18.1. The minimum atomic E-state index is -0.0777. The van der Waals surface area contributed by atoms with Gasteiger partial charge in [-0.3, -0.25) is 9.88 Å². The Bertz CT molecular complexity index is 1040. The molecular weight excluding hydrogens is 372 g/mol. The van der Waals surface area contributed by atoms with Crippen LogP contribution < -0.4 is 0 Å². The highest BCUT2D eigenvalue weighted by Gasteiger charge is 2.43. The van der Waals surface area contributed by atoms with E-state index in [0.717, 1.165) is 36.0 Å². The molecule has 3 aliphatic heterocycles. The second kappa shape index (κ2) is 8.21. The van der Waals surface area contributed by atoms with Crippen LogP contribution in [0.4, 0.5) is 0 Å². The summed E-state index contributed by atoms with van der Waals surface area (Å²) in [7, 11) is 0. The van der Waals surface area contributed by atoms with E-state index in [-0.39, 0.29) is 11.9 Å². The van der Waals surface area contributed by atoms with Gasteiger partial charge in [-0.25, -0.2) is 0 Å². The first kappa shape index (κ1) is 19.3. The van der Waals surface area contributed by atoms with Gasteiger partial charge in [0.05, 0.1) is 18.2 Å². The Morgan fingerprint density at radius 2 is 2.07 bits per heavy atom. The Labute approximate surface area is 177 Å². The largest absolute Gasteiger partial charge is 0.508 e. The van der Waals surface area contributed by atoms with Gasteiger partial charge in [0, 0.05) is 24.2 Å². The zero-order valence-electron chi connectivity index (χ0n) is 17.2. The molecule has 154 valence electrons. The van der Waals surface area contributed by atoms with Crippen molar-refractivity contribution in [1.29, 1.82) is 0 Å². The Balaban J connectivity index is 1.52. The number of piperidine rings is 3. The maximum atomic E-state index is 10.1. The second-order valence-corrected chi connectivity index (χ2v) is 8.57. The maximum Gasteiger partial charge on any atom is 0.116 e. The van der Waals surface area contributed by atoms with Crippen molar-refractivity contribution in [3.05, 3.63) is 84.6 Å². The third-order valence-corrected chi connectivity index (χ3v) is 6.84. The molecule has 0 saturated carbocycles. The van der Waals surface area contributed by atoms with Gasteiger partial charge in [0.15, 0.2) is 0 Å². The summed E-state index contributed by atoms with van der Waals surface area (Å²) >= 11 is 0. The van der Waals surface area contributed by atoms with Crippen molar-refractivity contribution >= 4 is 10.9 Å². The first-order valence-electron chi connectivity index (χ1n) is 10.8. The van der Waals surface area contributed by atoms with E-state index in [9.17, 15) is 5.11 Å². The number of phenols is 1. The number of aromatic hydroxyl groups is 1. The standard InChI is InChI=1S/C26H28N2O2/c1-2-19-16-28-13-11-20(19)14-25(28)26(30-17-18-6-4-3-5-7-18)22-10-12-27-24-9-8-21(29)15-23(22)24/h2-10,12,15,19-20,25-26,29H,1,11,13-14,16-17H2/t19?,20?,25?,26-/m1/s1. The molecule has 1 aromatic heterocycles. The van der Waals surface area contributed by atoms with Crippen LogP contribution in [0.3, 0.4) is 0 Å². The number of nitrogens with zero attached hydrogens (tertiary/aromatic N) is 2. The van der Waals surface area contributed by atoms with Crippen molar-refractivity contribution in [1.82, 2.24) is 9.88 Å². The molecule has 0 aliphatic carbocycles. The van der Waals surface area contributed by atoms with Crippen molar-refractivity contribution < 1.29 is 9.84 Å². The fourth-order valence-electron chi connectivity index (χ4n) is 5.26. The monoisotopic (exact) mass is 400 g/mol. The van der Waals surface area contributed by atoms with E-state index in [1.54, 1.807) is 6.07 Å². The van der Waals surface area contributed by atoms with Crippen molar-refractivity contribution in [3.8, 4) is 5.75 Å². The summed E-state index contributed by atoms with van der Waals surface area (Å²) in [5, 5.41) is 11.1. The van der Waals surface area contributed by atoms with E-state index >= 15 is 0 Å². The first-order valence-corrected chi connectivity index (χ1v) is 10.8. The molecule has 3 fully saturated rings. The lowest BCUT2D eigenvalue weighted by Gasteiger charge is -2.51. The zero-order valence-corrected chi connectivity index (χ0v) is 17.2. The van der Waals surface area contributed by atoms with Gasteiger partial charge in [-0.1, -0.05) is 36.4 Å². The average molecular weight is 401 g/mol. The number of pyridine rings is 1. The summed E-state index contributed by atoms with van der Waals surface area (Å²) in [6.07, 6.45) is 6.25. The molecule has 4 nitrogen and oxygen atoms in total. The van der Waals surface area contributed by atoms with Crippen molar-refractivity contribution in [2.45, 2.75) is 31.6 Å². The molecule has 2 aromatic carbocycles. The molecule has 0 spiro atoms. The van der Waals surface area contributed by atoms with Gasteiger partial charge in [-0.05, 0) is 66.6 Å². The number of aromatic nitrogens is 1. The van der Waals surface area contributed by atoms with E-state index < -0.39 is 0 Å². The Hall–Kier alpha value is -2.69. The normalized spacial score (nSPS) is 26.5. The summed E-state index contributed by atoms with van der Waals surface area (Å²) in [6.45, 7) is 6.79. The quantitative estimate of drug-likeness (QED) is 0.585. The molecule has 30 heavy (non-hydrogen) atoms. The lowest BCUT2D eigenvalue weighted by atomic mass is 9.73. The minimum Gasteiger partial charge on any atom is -0.508 e. The fourth-order valence-corrected chi connectivity index (χ4v) is 5.26. The zero-order chi connectivity index (χ0) is 20.5. The number of ether oxygens (including phenoxy) is 1. The van der Waals surface area contributed by atoms with Crippen LogP contribution >= 0.6 is 0 Å². The predicted octanol–water partition coefficient (Wildman–Crippen LogP) is 5.09. The first-order chi connectivity index (χ1) is 14.7. The molecule has 4 heterocycles. The summed E-state index contributed by atoms with van der Waals surface area (Å²) in [5.41, 5.74) is 3.17. The summed E-state index contributed by atoms with van der Waals surface area (Å²) < 4.78 is 6.65. The maximum absolute atomic E-state index is 10.1. The lowest BCUT2D eigenvalue weighted by Crippen LogP contribution is -2.55. The van der Waals surface area contributed by atoms with Crippen LogP contribution in [0.2, 0.25) is 0 Å². The molecule has 1 N–H and O–H groups in total. The molecule has 3 saturated heterocycles. The van der Waals surface area contributed by atoms with Crippen LogP contribution in [-0.4, -0.2) is 34.1 Å². The minimum absolute atomic E-state index is 0.0777. The highest BCUT2D eigenvalue weighted by atomic mass is 16.5. The molecule has 2 bridgehead atoms.